The van der Waals surface area contributed by atoms with Crippen molar-refractivity contribution in [1.82, 2.24) is 0 Å². The van der Waals surface area contributed by atoms with Crippen LogP contribution in [0.2, 0.25) is 0 Å². The SMILES string of the molecule is COc1ccc2c(c1)CC[C@H]1C2=CC[C@@]2([S@@](=O)c3ccc(C)cc3)C(=O)CC[C@@H]12. The molecule has 4 heteroatoms. The number of hydrogen-bond donors (Lipinski definition) is 0. The third-order valence-electron chi connectivity index (χ3n) is 7.18. The number of benzene rings is 2. The van der Waals surface area contributed by atoms with Crippen LogP contribution in [-0.4, -0.2) is 21.8 Å². The Morgan fingerprint density at radius 1 is 1.07 bits per heavy atom. The van der Waals surface area contributed by atoms with Gasteiger partial charge in [-0.15, -0.1) is 0 Å². The van der Waals surface area contributed by atoms with Crippen molar-refractivity contribution in [2.75, 3.05) is 7.11 Å². The Balaban J connectivity index is 1.58. The van der Waals surface area contributed by atoms with Crippen LogP contribution in [0.4, 0.5) is 0 Å². The van der Waals surface area contributed by atoms with Gasteiger partial charge in [0.25, 0.3) is 0 Å². The van der Waals surface area contributed by atoms with Crippen molar-refractivity contribution < 1.29 is 13.7 Å². The van der Waals surface area contributed by atoms with E-state index < -0.39 is 15.5 Å². The molecule has 3 aliphatic rings. The summed E-state index contributed by atoms with van der Waals surface area (Å²) in [5.41, 5.74) is 5.10. The number of carbonyl (C=O) groups excluding carboxylic acids is 1. The van der Waals surface area contributed by atoms with Crippen molar-refractivity contribution >= 4 is 22.2 Å². The van der Waals surface area contributed by atoms with E-state index in [1.807, 2.05) is 37.3 Å². The second-order valence-corrected chi connectivity index (χ2v) is 10.3. The molecule has 4 atom stereocenters. The normalized spacial score (nSPS) is 28.8. The van der Waals surface area contributed by atoms with Gasteiger partial charge in [-0.3, -0.25) is 9.00 Å². The van der Waals surface area contributed by atoms with Crippen LogP contribution < -0.4 is 4.74 Å². The monoisotopic (exact) mass is 406 g/mol. The van der Waals surface area contributed by atoms with Gasteiger partial charge in [-0.05, 0) is 85.4 Å². The number of fused-ring (bicyclic) bond motifs is 5. The molecule has 0 aliphatic heterocycles. The molecule has 1 fully saturated rings. The lowest BCUT2D eigenvalue weighted by Gasteiger charge is -2.44. The topological polar surface area (TPSA) is 43.4 Å². The molecule has 0 N–H and O–H groups in total. The Morgan fingerprint density at radius 3 is 2.62 bits per heavy atom. The smallest absolute Gasteiger partial charge is 0.152 e. The van der Waals surface area contributed by atoms with Gasteiger partial charge in [0.2, 0.25) is 0 Å². The molecule has 0 saturated heterocycles. The zero-order chi connectivity index (χ0) is 20.2. The Bertz CT molecular complexity index is 1040. The Labute approximate surface area is 174 Å². The first kappa shape index (κ1) is 18.8. The molecule has 150 valence electrons. The van der Waals surface area contributed by atoms with Gasteiger partial charge in [0, 0.05) is 11.3 Å². The van der Waals surface area contributed by atoms with Crippen molar-refractivity contribution in [1.29, 1.82) is 0 Å². The quantitative estimate of drug-likeness (QED) is 0.730. The predicted octanol–water partition coefficient (Wildman–Crippen LogP) is 4.88. The average molecular weight is 407 g/mol. The van der Waals surface area contributed by atoms with Crippen LogP contribution in [0.25, 0.3) is 5.57 Å². The summed E-state index contributed by atoms with van der Waals surface area (Å²) in [4.78, 5) is 14.0. The zero-order valence-electron chi connectivity index (χ0n) is 16.9. The molecule has 29 heavy (non-hydrogen) atoms. The standard InChI is InChI=1S/C25H26O3S/c1-16-3-7-19(8-4-16)29(27)25-14-13-21-20-10-6-18(28-2)15-17(20)5-9-22(21)23(25)11-12-24(25)26/h3-4,6-8,10,13,15,22-23H,5,9,11-12,14H2,1-2H3/t22-,23-,25-,29-/m0/s1. The highest BCUT2D eigenvalue weighted by Crippen LogP contribution is 2.56. The molecular formula is C25H26O3S. The number of hydrogen-bond acceptors (Lipinski definition) is 3. The summed E-state index contributed by atoms with van der Waals surface area (Å²) in [6.45, 7) is 2.03. The molecule has 0 unspecified atom stereocenters. The fourth-order valence-corrected chi connectivity index (χ4v) is 7.62. The number of methoxy groups -OCH3 is 1. The van der Waals surface area contributed by atoms with E-state index in [9.17, 15) is 9.00 Å². The molecule has 0 radical (unpaired) electrons. The zero-order valence-corrected chi connectivity index (χ0v) is 17.8. The number of ketones is 1. The van der Waals surface area contributed by atoms with Crippen LogP contribution in [-0.2, 0) is 22.0 Å². The minimum absolute atomic E-state index is 0.160. The molecule has 3 aliphatic carbocycles. The molecule has 0 amide bonds. The maximum Gasteiger partial charge on any atom is 0.152 e. The van der Waals surface area contributed by atoms with Crippen molar-refractivity contribution in [3.8, 4) is 5.75 Å². The van der Waals surface area contributed by atoms with Crippen molar-refractivity contribution in [2.45, 2.75) is 48.7 Å². The van der Waals surface area contributed by atoms with Gasteiger partial charge >= 0.3 is 0 Å². The van der Waals surface area contributed by atoms with Gasteiger partial charge < -0.3 is 4.74 Å². The number of ether oxygens (including phenoxy) is 1. The van der Waals surface area contributed by atoms with Crippen molar-refractivity contribution in [3.63, 3.8) is 0 Å². The number of rotatable bonds is 3. The van der Waals surface area contributed by atoms with E-state index in [0.717, 1.165) is 35.5 Å². The van der Waals surface area contributed by atoms with E-state index in [1.165, 1.54) is 16.7 Å². The molecule has 0 bridgehead atoms. The van der Waals surface area contributed by atoms with Crippen LogP contribution >= 0.6 is 0 Å². The highest BCUT2D eigenvalue weighted by Gasteiger charge is 2.59. The van der Waals surface area contributed by atoms with Gasteiger partial charge in [-0.2, -0.15) is 0 Å². The minimum atomic E-state index is -1.33. The van der Waals surface area contributed by atoms with Gasteiger partial charge in [-0.25, -0.2) is 0 Å². The van der Waals surface area contributed by atoms with Gasteiger partial charge in [0.15, 0.2) is 5.78 Å². The largest absolute Gasteiger partial charge is 0.497 e. The summed E-state index contributed by atoms with van der Waals surface area (Å²) in [5, 5.41) is 0. The summed E-state index contributed by atoms with van der Waals surface area (Å²) in [7, 11) is 0.374. The van der Waals surface area contributed by atoms with E-state index >= 15 is 0 Å². The molecule has 2 aromatic rings. The molecule has 0 heterocycles. The van der Waals surface area contributed by atoms with Crippen LogP contribution in [0.3, 0.4) is 0 Å². The molecule has 5 rings (SSSR count). The number of Topliss-reactive ketones (excluding diaryl/α,β-unsaturated/α-hetero) is 1. The summed E-state index contributed by atoms with van der Waals surface area (Å²) in [6, 6.07) is 14.2. The van der Waals surface area contributed by atoms with Crippen LogP contribution in [0, 0.1) is 18.8 Å². The molecule has 3 nitrogen and oxygen atoms in total. The van der Waals surface area contributed by atoms with Crippen LogP contribution in [0.1, 0.15) is 42.4 Å². The van der Waals surface area contributed by atoms with Gasteiger partial charge in [0.1, 0.15) is 10.5 Å². The molecule has 2 aromatic carbocycles. The van der Waals surface area contributed by atoms with E-state index in [2.05, 4.69) is 18.2 Å². The lowest BCUT2D eigenvalue weighted by Crippen LogP contribution is -2.49. The van der Waals surface area contributed by atoms with Crippen molar-refractivity contribution in [2.24, 2.45) is 11.8 Å². The fourth-order valence-electron chi connectivity index (χ4n) is 5.71. The maximum atomic E-state index is 13.8. The maximum absolute atomic E-state index is 13.8. The van der Waals surface area contributed by atoms with E-state index in [-0.39, 0.29) is 11.7 Å². The lowest BCUT2D eigenvalue weighted by atomic mass is 9.65. The second-order valence-electron chi connectivity index (χ2n) is 8.57. The molecule has 0 spiro atoms. The fraction of sp³-hybridized carbons (Fsp3) is 0.400. The Morgan fingerprint density at radius 2 is 1.86 bits per heavy atom. The summed E-state index contributed by atoms with van der Waals surface area (Å²) >= 11 is 0. The van der Waals surface area contributed by atoms with E-state index in [1.54, 1.807) is 7.11 Å². The highest BCUT2D eigenvalue weighted by molar-refractivity contribution is 7.87. The summed E-state index contributed by atoms with van der Waals surface area (Å²) < 4.78 is 18.4. The summed E-state index contributed by atoms with van der Waals surface area (Å²) in [6.07, 6.45) is 6.19. The molecule has 0 aromatic heterocycles. The predicted molar refractivity (Wildman–Crippen MR) is 115 cm³/mol. The Kier molecular flexibility index (Phi) is 4.50. The first-order valence-electron chi connectivity index (χ1n) is 10.4. The second kappa shape index (κ2) is 6.94. The van der Waals surface area contributed by atoms with Crippen LogP contribution in [0.15, 0.2) is 53.4 Å². The number of allylic oxidation sites excluding steroid dienone is 2. The molecular weight excluding hydrogens is 380 g/mol. The lowest BCUT2D eigenvalue weighted by molar-refractivity contribution is -0.120. The minimum Gasteiger partial charge on any atom is -0.497 e. The summed E-state index contributed by atoms with van der Waals surface area (Å²) in [5.74, 6) is 1.56. The number of aryl methyl sites for hydroxylation is 2. The van der Waals surface area contributed by atoms with Crippen molar-refractivity contribution in [3.05, 3.63) is 65.2 Å². The van der Waals surface area contributed by atoms with E-state index in [4.69, 9.17) is 4.74 Å². The molecule has 1 saturated carbocycles. The third kappa shape index (κ3) is 2.76. The third-order valence-corrected chi connectivity index (χ3v) is 9.24. The van der Waals surface area contributed by atoms with Gasteiger partial charge in [0.05, 0.1) is 17.9 Å². The highest BCUT2D eigenvalue weighted by atomic mass is 32.2. The average Bonchev–Trinajstić information content (AvgIpc) is 3.10. The van der Waals surface area contributed by atoms with Crippen LogP contribution in [0.5, 0.6) is 5.75 Å². The Hall–Kier alpha value is -2.20. The van der Waals surface area contributed by atoms with E-state index in [0.29, 0.717) is 18.8 Å². The number of carbonyl (C=O) groups is 1. The first-order chi connectivity index (χ1) is 14.0. The van der Waals surface area contributed by atoms with Gasteiger partial charge in [-0.1, -0.05) is 29.8 Å². The first-order valence-corrected chi connectivity index (χ1v) is 11.6.